The number of aryl methyl sites for hydroxylation is 2. The van der Waals surface area contributed by atoms with Crippen molar-refractivity contribution in [2.75, 3.05) is 17.2 Å². The Balaban J connectivity index is 1.48. The van der Waals surface area contributed by atoms with Crippen LogP contribution in [0.25, 0.3) is 0 Å². The van der Waals surface area contributed by atoms with Gasteiger partial charge < -0.3 is 15.5 Å². The first-order valence-corrected chi connectivity index (χ1v) is 14.9. The maximum atomic E-state index is 14.9. The molecule has 4 atom stereocenters. The lowest BCUT2D eigenvalue weighted by Gasteiger charge is -2.41. The molecule has 3 aromatic rings. The average molecular weight is 596 g/mol. The summed E-state index contributed by atoms with van der Waals surface area (Å²) in [6, 6.07) is 15.4. The molecular formula is C34H37F4N3O2. The summed E-state index contributed by atoms with van der Waals surface area (Å²) in [5.41, 5.74) is 1.33. The van der Waals surface area contributed by atoms with Crippen molar-refractivity contribution in [3.8, 4) is 0 Å². The number of halogens is 4. The zero-order valence-electron chi connectivity index (χ0n) is 24.6. The van der Waals surface area contributed by atoms with Gasteiger partial charge in [0.15, 0.2) is 0 Å². The summed E-state index contributed by atoms with van der Waals surface area (Å²) in [6.07, 6.45) is -0.235. The van der Waals surface area contributed by atoms with Gasteiger partial charge in [0, 0.05) is 24.0 Å². The summed E-state index contributed by atoms with van der Waals surface area (Å²) in [4.78, 5) is 29.2. The third-order valence-electron chi connectivity index (χ3n) is 8.94. The number of carbonyl (C=O) groups excluding carboxylic acids is 2. The van der Waals surface area contributed by atoms with Gasteiger partial charge in [-0.15, -0.1) is 0 Å². The first kappa shape index (κ1) is 30.6. The van der Waals surface area contributed by atoms with E-state index >= 15 is 0 Å². The molecule has 0 bridgehead atoms. The summed E-state index contributed by atoms with van der Waals surface area (Å²) in [7, 11) is 0. The highest BCUT2D eigenvalue weighted by atomic mass is 19.4. The number of piperidine rings is 1. The van der Waals surface area contributed by atoms with Crippen molar-refractivity contribution in [1.29, 1.82) is 0 Å². The van der Waals surface area contributed by atoms with Gasteiger partial charge in [-0.1, -0.05) is 43.7 Å². The SMILES string of the molecule is Cc1ccc(NC(=O)[C@H]2CCCN(C(=O)c3c(C)cccc3F)[C@H]2c2ccc(NC3CCCC3C)cc2)cc1C(F)(F)F. The highest BCUT2D eigenvalue weighted by molar-refractivity contribution is 5.98. The summed E-state index contributed by atoms with van der Waals surface area (Å²) < 4.78 is 55.6. The Morgan fingerprint density at radius 2 is 1.60 bits per heavy atom. The van der Waals surface area contributed by atoms with E-state index in [1.807, 2.05) is 24.3 Å². The first-order chi connectivity index (χ1) is 20.4. The van der Waals surface area contributed by atoms with Crippen LogP contribution in [-0.2, 0) is 11.0 Å². The minimum Gasteiger partial charge on any atom is -0.382 e. The lowest BCUT2D eigenvalue weighted by molar-refractivity contribution is -0.138. The number of likely N-dealkylation sites (tertiary alicyclic amines) is 1. The Labute approximate surface area is 249 Å². The van der Waals surface area contributed by atoms with Crippen molar-refractivity contribution in [3.63, 3.8) is 0 Å². The van der Waals surface area contributed by atoms with E-state index in [4.69, 9.17) is 0 Å². The van der Waals surface area contributed by atoms with Crippen LogP contribution in [0.5, 0.6) is 0 Å². The second-order valence-electron chi connectivity index (χ2n) is 11.9. The predicted octanol–water partition coefficient (Wildman–Crippen LogP) is 8.29. The number of hydrogen-bond acceptors (Lipinski definition) is 3. The number of anilines is 2. The molecule has 3 aromatic carbocycles. The zero-order valence-corrected chi connectivity index (χ0v) is 24.6. The van der Waals surface area contributed by atoms with Gasteiger partial charge in [-0.2, -0.15) is 13.2 Å². The normalized spacial score (nSPS) is 22.3. The maximum Gasteiger partial charge on any atom is 0.416 e. The van der Waals surface area contributed by atoms with Crippen molar-refractivity contribution < 1.29 is 27.2 Å². The Kier molecular flexibility index (Phi) is 8.81. The molecule has 1 saturated heterocycles. The number of hydrogen-bond donors (Lipinski definition) is 2. The molecule has 2 fully saturated rings. The fourth-order valence-electron chi connectivity index (χ4n) is 6.55. The molecular weight excluding hydrogens is 558 g/mol. The Hall–Kier alpha value is -3.88. The molecule has 0 radical (unpaired) electrons. The quantitative estimate of drug-likeness (QED) is 0.282. The van der Waals surface area contributed by atoms with E-state index in [-0.39, 0.29) is 16.8 Å². The van der Waals surface area contributed by atoms with Crippen molar-refractivity contribution in [2.45, 2.75) is 71.1 Å². The van der Waals surface area contributed by atoms with Crippen LogP contribution in [0, 0.1) is 31.5 Å². The van der Waals surface area contributed by atoms with Gasteiger partial charge in [-0.3, -0.25) is 9.59 Å². The fourth-order valence-corrected chi connectivity index (χ4v) is 6.55. The van der Waals surface area contributed by atoms with Crippen LogP contribution < -0.4 is 10.6 Å². The van der Waals surface area contributed by atoms with Crippen LogP contribution in [0.4, 0.5) is 28.9 Å². The Morgan fingerprint density at radius 1 is 0.884 bits per heavy atom. The van der Waals surface area contributed by atoms with Gasteiger partial charge in [0.25, 0.3) is 5.91 Å². The average Bonchev–Trinajstić information content (AvgIpc) is 3.37. The van der Waals surface area contributed by atoms with Crippen LogP contribution in [0.15, 0.2) is 60.7 Å². The van der Waals surface area contributed by atoms with E-state index < -0.39 is 41.3 Å². The number of nitrogens with zero attached hydrogens (tertiary/aromatic N) is 1. The van der Waals surface area contributed by atoms with E-state index in [0.717, 1.165) is 18.2 Å². The number of rotatable bonds is 6. The molecule has 9 heteroatoms. The van der Waals surface area contributed by atoms with E-state index in [0.29, 0.717) is 42.5 Å². The molecule has 2 aliphatic rings. The smallest absolute Gasteiger partial charge is 0.382 e. The number of benzene rings is 3. The number of alkyl halides is 3. The van der Waals surface area contributed by atoms with Crippen LogP contribution in [0.1, 0.15) is 77.7 Å². The van der Waals surface area contributed by atoms with Crippen LogP contribution >= 0.6 is 0 Å². The topological polar surface area (TPSA) is 61.4 Å². The zero-order chi connectivity index (χ0) is 30.9. The molecule has 2 unspecified atom stereocenters. The molecule has 43 heavy (non-hydrogen) atoms. The molecule has 1 aliphatic carbocycles. The summed E-state index contributed by atoms with van der Waals surface area (Å²) in [6.45, 7) is 5.57. The van der Waals surface area contributed by atoms with Crippen molar-refractivity contribution in [1.82, 2.24) is 4.90 Å². The molecule has 2 amide bonds. The molecule has 228 valence electrons. The Morgan fingerprint density at radius 3 is 2.26 bits per heavy atom. The standard InChI is InChI=1S/C34H37F4N3O2/c1-20-12-15-25(19-27(20)34(36,37)38)40-32(42)26-9-6-18-41(33(43)30-22(3)8-4-10-28(30)35)31(26)23-13-16-24(17-14-23)39-29-11-5-7-21(29)2/h4,8,10,12-17,19,21,26,29,31,39H,5-7,9,11,18H2,1-3H3,(H,40,42)/t21?,26-,29?,31-/m0/s1. The second kappa shape index (κ2) is 12.4. The minimum absolute atomic E-state index is 0.0281. The van der Waals surface area contributed by atoms with Gasteiger partial charge in [-0.05, 0) is 92.5 Å². The van der Waals surface area contributed by atoms with Gasteiger partial charge in [0.1, 0.15) is 5.82 Å². The van der Waals surface area contributed by atoms with E-state index in [1.165, 1.54) is 42.9 Å². The largest absolute Gasteiger partial charge is 0.416 e. The van der Waals surface area contributed by atoms with Crippen molar-refractivity contribution in [2.24, 2.45) is 11.8 Å². The van der Waals surface area contributed by atoms with E-state index in [2.05, 4.69) is 17.6 Å². The molecule has 1 saturated carbocycles. The van der Waals surface area contributed by atoms with Crippen LogP contribution in [0.2, 0.25) is 0 Å². The molecule has 2 N–H and O–H groups in total. The second-order valence-corrected chi connectivity index (χ2v) is 11.9. The van der Waals surface area contributed by atoms with Crippen molar-refractivity contribution in [3.05, 3.63) is 94.3 Å². The molecule has 0 spiro atoms. The van der Waals surface area contributed by atoms with Gasteiger partial charge >= 0.3 is 6.18 Å². The van der Waals surface area contributed by atoms with Gasteiger partial charge in [0.05, 0.1) is 23.1 Å². The molecule has 1 heterocycles. The third kappa shape index (κ3) is 6.55. The van der Waals surface area contributed by atoms with Crippen LogP contribution in [0.3, 0.4) is 0 Å². The van der Waals surface area contributed by atoms with Gasteiger partial charge in [0.2, 0.25) is 5.91 Å². The highest BCUT2D eigenvalue weighted by Crippen LogP contribution is 2.40. The fraction of sp³-hybridized carbons (Fsp3) is 0.412. The molecule has 1 aliphatic heterocycles. The summed E-state index contributed by atoms with van der Waals surface area (Å²) in [5, 5.41) is 6.26. The predicted molar refractivity (Wildman–Crippen MR) is 159 cm³/mol. The Bertz CT molecular complexity index is 1470. The number of amides is 2. The molecule has 5 rings (SSSR count). The lowest BCUT2D eigenvalue weighted by atomic mass is 9.83. The maximum absolute atomic E-state index is 14.9. The van der Waals surface area contributed by atoms with Gasteiger partial charge in [-0.25, -0.2) is 4.39 Å². The summed E-state index contributed by atoms with van der Waals surface area (Å²) in [5.74, 6) is -1.86. The van der Waals surface area contributed by atoms with E-state index in [1.54, 1.807) is 19.1 Å². The lowest BCUT2D eigenvalue weighted by Crippen LogP contribution is -2.46. The van der Waals surface area contributed by atoms with Crippen LogP contribution in [-0.4, -0.2) is 29.3 Å². The molecule has 0 aromatic heterocycles. The highest BCUT2D eigenvalue weighted by Gasteiger charge is 2.41. The third-order valence-corrected chi connectivity index (χ3v) is 8.94. The molecule has 5 nitrogen and oxygen atoms in total. The van der Waals surface area contributed by atoms with E-state index in [9.17, 15) is 27.2 Å². The summed E-state index contributed by atoms with van der Waals surface area (Å²) >= 11 is 0. The van der Waals surface area contributed by atoms with Crippen molar-refractivity contribution >= 4 is 23.2 Å². The number of carbonyl (C=O) groups is 2. The number of nitrogens with one attached hydrogen (secondary N) is 2. The monoisotopic (exact) mass is 595 g/mol. The first-order valence-electron chi connectivity index (χ1n) is 14.9. The minimum atomic E-state index is -4.56.